The number of thioether (sulfide) groups is 1. The average molecular weight is 392 g/mol. The zero-order valence-corrected chi connectivity index (χ0v) is 16.4. The minimum absolute atomic E-state index is 0.0807. The molecule has 0 aromatic heterocycles. The molecule has 0 heterocycles. The van der Waals surface area contributed by atoms with Crippen molar-refractivity contribution >= 4 is 35.2 Å². The molecule has 26 heavy (non-hydrogen) atoms. The van der Waals surface area contributed by atoms with E-state index in [1.165, 1.54) is 0 Å². The van der Waals surface area contributed by atoms with Crippen LogP contribution >= 0.6 is 23.4 Å². The van der Waals surface area contributed by atoms with E-state index in [1.807, 2.05) is 61.5 Å². The fourth-order valence-electron chi connectivity index (χ4n) is 2.27. The van der Waals surface area contributed by atoms with Crippen LogP contribution in [0.2, 0.25) is 5.02 Å². The van der Waals surface area contributed by atoms with Gasteiger partial charge in [0, 0.05) is 22.7 Å². The predicted molar refractivity (Wildman–Crippen MR) is 105 cm³/mol. The van der Waals surface area contributed by atoms with Crippen molar-refractivity contribution < 1.29 is 14.3 Å². The number of amides is 1. The van der Waals surface area contributed by atoms with Gasteiger partial charge in [0.1, 0.15) is 0 Å². The zero-order chi connectivity index (χ0) is 18.9. The fraction of sp³-hybridized carbons (Fsp3) is 0.300. The Kier molecular flexibility index (Phi) is 8.01. The lowest BCUT2D eigenvalue weighted by molar-refractivity contribution is -0.151. The molecule has 0 saturated heterocycles. The van der Waals surface area contributed by atoms with Gasteiger partial charge < -0.3 is 9.64 Å². The maximum absolute atomic E-state index is 12.2. The number of hydrogen-bond acceptors (Lipinski definition) is 4. The van der Waals surface area contributed by atoms with Crippen LogP contribution in [0.1, 0.15) is 24.9 Å². The van der Waals surface area contributed by atoms with E-state index in [0.717, 1.165) is 10.5 Å². The molecule has 2 aromatic carbocycles. The largest absolute Gasteiger partial charge is 0.456 e. The summed E-state index contributed by atoms with van der Waals surface area (Å²) < 4.78 is 5.10. The van der Waals surface area contributed by atoms with Gasteiger partial charge in [0.2, 0.25) is 0 Å². The van der Waals surface area contributed by atoms with Crippen molar-refractivity contribution in [2.24, 2.45) is 0 Å². The van der Waals surface area contributed by atoms with E-state index in [2.05, 4.69) is 0 Å². The van der Waals surface area contributed by atoms with Gasteiger partial charge in [0.05, 0.1) is 12.5 Å². The first-order chi connectivity index (χ1) is 12.5. The van der Waals surface area contributed by atoms with Gasteiger partial charge >= 0.3 is 5.97 Å². The Morgan fingerprint density at radius 1 is 1.12 bits per heavy atom. The predicted octanol–water partition coefficient (Wildman–Crippen LogP) is 4.59. The first-order valence-corrected chi connectivity index (χ1v) is 9.68. The van der Waals surface area contributed by atoms with Crippen LogP contribution in [0.25, 0.3) is 0 Å². The molecular formula is C20H22ClNO3S. The number of carbonyl (C=O) groups is 2. The van der Waals surface area contributed by atoms with Crippen LogP contribution in [0.4, 0.5) is 0 Å². The monoisotopic (exact) mass is 391 g/mol. The van der Waals surface area contributed by atoms with Crippen molar-refractivity contribution in [2.75, 3.05) is 19.4 Å². The SMILES string of the molecule is CC(c1ccccc1)N(C)C(=O)COC(=O)CCSc1ccc(Cl)cc1. The van der Waals surface area contributed by atoms with Crippen molar-refractivity contribution in [1.82, 2.24) is 4.90 Å². The van der Waals surface area contributed by atoms with Crippen LogP contribution in [0.15, 0.2) is 59.5 Å². The van der Waals surface area contributed by atoms with E-state index in [4.69, 9.17) is 16.3 Å². The van der Waals surface area contributed by atoms with E-state index in [9.17, 15) is 9.59 Å². The highest BCUT2D eigenvalue weighted by Crippen LogP contribution is 2.21. The molecule has 1 unspecified atom stereocenters. The Morgan fingerprint density at radius 3 is 2.42 bits per heavy atom. The second kappa shape index (κ2) is 10.2. The van der Waals surface area contributed by atoms with E-state index >= 15 is 0 Å². The van der Waals surface area contributed by atoms with E-state index in [0.29, 0.717) is 10.8 Å². The maximum atomic E-state index is 12.2. The van der Waals surface area contributed by atoms with Crippen LogP contribution in [0, 0.1) is 0 Å². The summed E-state index contributed by atoms with van der Waals surface area (Å²) in [6.45, 7) is 1.70. The first-order valence-electron chi connectivity index (χ1n) is 8.32. The number of esters is 1. The van der Waals surface area contributed by atoms with Gasteiger partial charge in [-0.2, -0.15) is 0 Å². The smallest absolute Gasteiger partial charge is 0.307 e. The normalized spacial score (nSPS) is 11.7. The Morgan fingerprint density at radius 2 is 1.77 bits per heavy atom. The van der Waals surface area contributed by atoms with Gasteiger partial charge in [0.25, 0.3) is 5.91 Å². The van der Waals surface area contributed by atoms with Crippen LogP contribution < -0.4 is 0 Å². The number of ether oxygens (including phenoxy) is 1. The Bertz CT molecular complexity index is 722. The number of rotatable bonds is 8. The molecule has 6 heteroatoms. The Balaban J connectivity index is 1.70. The molecule has 138 valence electrons. The second-order valence-electron chi connectivity index (χ2n) is 5.80. The molecule has 2 rings (SSSR count). The topological polar surface area (TPSA) is 46.6 Å². The standard InChI is InChI=1S/C20H22ClNO3S/c1-15(16-6-4-3-5-7-16)22(2)19(23)14-25-20(24)12-13-26-18-10-8-17(21)9-11-18/h3-11,15H,12-14H2,1-2H3. The third-order valence-corrected chi connectivity index (χ3v) is 5.27. The summed E-state index contributed by atoms with van der Waals surface area (Å²) in [7, 11) is 1.71. The summed E-state index contributed by atoms with van der Waals surface area (Å²) in [5.74, 6) is -0.00843. The molecule has 1 atom stereocenters. The second-order valence-corrected chi connectivity index (χ2v) is 7.41. The van der Waals surface area contributed by atoms with Crippen LogP contribution in [-0.2, 0) is 14.3 Å². The van der Waals surface area contributed by atoms with Gasteiger partial charge in [-0.15, -0.1) is 11.8 Å². The maximum Gasteiger partial charge on any atom is 0.307 e. The molecule has 0 aliphatic heterocycles. The van der Waals surface area contributed by atoms with Crippen molar-refractivity contribution in [1.29, 1.82) is 0 Å². The molecule has 2 aromatic rings. The van der Waals surface area contributed by atoms with Crippen LogP contribution in [0.3, 0.4) is 0 Å². The molecule has 0 N–H and O–H groups in total. The highest BCUT2D eigenvalue weighted by Gasteiger charge is 2.18. The zero-order valence-electron chi connectivity index (χ0n) is 14.9. The summed E-state index contributed by atoms with van der Waals surface area (Å²) in [5, 5.41) is 0.682. The van der Waals surface area contributed by atoms with Gasteiger partial charge in [-0.1, -0.05) is 41.9 Å². The summed E-state index contributed by atoms with van der Waals surface area (Å²) >= 11 is 7.38. The first kappa shape index (κ1) is 20.3. The number of carbonyl (C=O) groups excluding carboxylic acids is 2. The molecule has 0 aliphatic carbocycles. The average Bonchev–Trinajstić information content (AvgIpc) is 2.67. The molecular weight excluding hydrogens is 370 g/mol. The highest BCUT2D eigenvalue weighted by atomic mass is 35.5. The molecule has 0 fully saturated rings. The molecule has 0 bridgehead atoms. The number of hydrogen-bond donors (Lipinski definition) is 0. The Labute approximate surface area is 163 Å². The molecule has 0 radical (unpaired) electrons. The number of likely N-dealkylation sites (N-methyl/N-ethyl adjacent to an activating group) is 1. The minimum Gasteiger partial charge on any atom is -0.456 e. The summed E-state index contributed by atoms with van der Waals surface area (Å²) in [4.78, 5) is 26.7. The van der Waals surface area contributed by atoms with Gasteiger partial charge in [-0.05, 0) is 36.8 Å². The Hall–Kier alpha value is -1.98. The van der Waals surface area contributed by atoms with Gasteiger partial charge in [-0.25, -0.2) is 0 Å². The summed E-state index contributed by atoms with van der Waals surface area (Å²) in [6, 6.07) is 17.1. The van der Waals surface area contributed by atoms with Crippen molar-refractivity contribution in [3.05, 3.63) is 65.2 Å². The number of nitrogens with zero attached hydrogens (tertiary/aromatic N) is 1. The molecule has 0 aliphatic rings. The fourth-order valence-corrected chi connectivity index (χ4v) is 3.23. The molecule has 1 amide bonds. The van der Waals surface area contributed by atoms with Gasteiger partial charge in [0.15, 0.2) is 6.61 Å². The molecule has 0 spiro atoms. The van der Waals surface area contributed by atoms with Crippen molar-refractivity contribution in [3.8, 4) is 0 Å². The molecule has 4 nitrogen and oxygen atoms in total. The number of benzene rings is 2. The van der Waals surface area contributed by atoms with Crippen LogP contribution in [0.5, 0.6) is 0 Å². The molecule has 0 saturated carbocycles. The lowest BCUT2D eigenvalue weighted by Gasteiger charge is -2.25. The summed E-state index contributed by atoms with van der Waals surface area (Å²) in [6.07, 6.45) is 0.249. The van der Waals surface area contributed by atoms with Crippen molar-refractivity contribution in [2.45, 2.75) is 24.3 Å². The van der Waals surface area contributed by atoms with E-state index in [1.54, 1.807) is 23.7 Å². The van der Waals surface area contributed by atoms with E-state index in [-0.39, 0.29) is 30.9 Å². The quantitative estimate of drug-likeness (QED) is 0.488. The van der Waals surface area contributed by atoms with Gasteiger partial charge in [-0.3, -0.25) is 9.59 Å². The van der Waals surface area contributed by atoms with E-state index < -0.39 is 0 Å². The third-order valence-electron chi connectivity index (χ3n) is 4.00. The van der Waals surface area contributed by atoms with Crippen molar-refractivity contribution in [3.63, 3.8) is 0 Å². The highest BCUT2D eigenvalue weighted by molar-refractivity contribution is 7.99. The van der Waals surface area contributed by atoms with Crippen LogP contribution in [-0.4, -0.2) is 36.2 Å². The number of halogens is 1. The lowest BCUT2D eigenvalue weighted by atomic mass is 10.1. The summed E-state index contributed by atoms with van der Waals surface area (Å²) in [5.41, 5.74) is 1.04. The third kappa shape index (κ3) is 6.39. The lowest BCUT2D eigenvalue weighted by Crippen LogP contribution is -2.33. The minimum atomic E-state index is -0.374.